The molecule has 1 aromatic carbocycles. The van der Waals surface area contributed by atoms with Gasteiger partial charge in [0.15, 0.2) is 0 Å². The van der Waals surface area contributed by atoms with Crippen molar-refractivity contribution in [1.82, 2.24) is 5.32 Å². The first kappa shape index (κ1) is 17.6. The van der Waals surface area contributed by atoms with E-state index >= 15 is 0 Å². The molecule has 0 aromatic heterocycles. The maximum Gasteiger partial charge on any atom is 0.306 e. The van der Waals surface area contributed by atoms with E-state index in [1.165, 1.54) is 0 Å². The molecule has 1 aliphatic rings. The lowest BCUT2D eigenvalue weighted by molar-refractivity contribution is -0.142. The standard InChI is InChI=1S/C17H23Cl2NO2/c1-17(2,12-5-8-14(18)15(19)9-12)10-20-13-6-3-11(4-7-13)16(21)22/h5,8-9,11,13,20H,3-4,6-7,10H2,1-2H3,(H,21,22). The van der Waals surface area contributed by atoms with Crippen molar-refractivity contribution < 1.29 is 9.90 Å². The van der Waals surface area contributed by atoms with Crippen LogP contribution in [0.25, 0.3) is 0 Å². The fraction of sp³-hybridized carbons (Fsp3) is 0.588. The summed E-state index contributed by atoms with van der Waals surface area (Å²) in [5, 5.41) is 13.8. The zero-order chi connectivity index (χ0) is 16.3. The minimum absolute atomic E-state index is 0.0577. The highest BCUT2D eigenvalue weighted by Crippen LogP contribution is 2.30. The van der Waals surface area contributed by atoms with E-state index in [4.69, 9.17) is 28.3 Å². The van der Waals surface area contributed by atoms with Gasteiger partial charge in [-0.1, -0.05) is 43.1 Å². The van der Waals surface area contributed by atoms with Crippen LogP contribution >= 0.6 is 23.2 Å². The number of nitrogens with one attached hydrogen (secondary N) is 1. The molecule has 22 heavy (non-hydrogen) atoms. The van der Waals surface area contributed by atoms with Gasteiger partial charge >= 0.3 is 5.97 Å². The summed E-state index contributed by atoms with van der Waals surface area (Å²) in [6.07, 6.45) is 3.38. The fourth-order valence-corrected chi connectivity index (χ4v) is 3.26. The Balaban J connectivity index is 1.90. The Kier molecular flexibility index (Phi) is 5.76. The number of carboxylic acids is 1. The topological polar surface area (TPSA) is 49.3 Å². The molecule has 122 valence electrons. The van der Waals surface area contributed by atoms with Gasteiger partial charge in [0.05, 0.1) is 16.0 Å². The van der Waals surface area contributed by atoms with Crippen molar-refractivity contribution in [3.05, 3.63) is 33.8 Å². The quantitative estimate of drug-likeness (QED) is 0.827. The predicted molar refractivity (Wildman–Crippen MR) is 90.9 cm³/mol. The number of rotatable bonds is 5. The van der Waals surface area contributed by atoms with Crippen molar-refractivity contribution in [3.63, 3.8) is 0 Å². The Morgan fingerprint density at radius 1 is 1.23 bits per heavy atom. The van der Waals surface area contributed by atoms with Crippen LogP contribution in [0.4, 0.5) is 0 Å². The largest absolute Gasteiger partial charge is 0.481 e. The summed E-state index contributed by atoms with van der Waals surface area (Å²) >= 11 is 12.1. The molecule has 1 saturated carbocycles. The molecule has 1 aliphatic carbocycles. The second kappa shape index (κ2) is 7.20. The molecule has 0 saturated heterocycles. The van der Waals surface area contributed by atoms with Crippen molar-refractivity contribution in [2.24, 2.45) is 5.92 Å². The lowest BCUT2D eigenvalue weighted by Crippen LogP contribution is -2.41. The lowest BCUT2D eigenvalue weighted by Gasteiger charge is -2.32. The Labute approximate surface area is 142 Å². The van der Waals surface area contributed by atoms with Crippen LogP contribution in [0.2, 0.25) is 10.0 Å². The average Bonchev–Trinajstić information content (AvgIpc) is 2.48. The van der Waals surface area contributed by atoms with E-state index in [1.807, 2.05) is 18.2 Å². The van der Waals surface area contributed by atoms with Gasteiger partial charge in [-0.25, -0.2) is 0 Å². The Morgan fingerprint density at radius 3 is 2.41 bits per heavy atom. The number of halogens is 2. The second-order valence-electron chi connectivity index (χ2n) is 6.78. The first-order chi connectivity index (χ1) is 10.3. The Morgan fingerprint density at radius 2 is 1.86 bits per heavy atom. The lowest BCUT2D eigenvalue weighted by atomic mass is 9.82. The fourth-order valence-electron chi connectivity index (χ4n) is 2.96. The summed E-state index contributed by atoms with van der Waals surface area (Å²) in [6.45, 7) is 5.16. The number of benzene rings is 1. The van der Waals surface area contributed by atoms with Crippen LogP contribution in [-0.2, 0) is 10.2 Å². The molecule has 2 N–H and O–H groups in total. The van der Waals surface area contributed by atoms with E-state index in [0.29, 0.717) is 16.1 Å². The molecule has 0 atom stereocenters. The molecular formula is C17H23Cl2NO2. The predicted octanol–water partition coefficient (Wildman–Crippen LogP) is 4.50. The smallest absolute Gasteiger partial charge is 0.306 e. The van der Waals surface area contributed by atoms with Gasteiger partial charge in [-0.15, -0.1) is 0 Å². The first-order valence-corrected chi connectivity index (χ1v) is 8.47. The van der Waals surface area contributed by atoms with Gasteiger partial charge in [0.1, 0.15) is 0 Å². The van der Waals surface area contributed by atoms with Crippen molar-refractivity contribution in [1.29, 1.82) is 0 Å². The summed E-state index contributed by atoms with van der Waals surface area (Å²) in [6, 6.07) is 6.17. The zero-order valence-electron chi connectivity index (χ0n) is 13.0. The molecule has 0 heterocycles. The summed E-state index contributed by atoms with van der Waals surface area (Å²) in [5.41, 5.74) is 1.09. The number of hydrogen-bond acceptors (Lipinski definition) is 2. The normalized spacial score (nSPS) is 22.5. The first-order valence-electron chi connectivity index (χ1n) is 7.71. The molecule has 0 radical (unpaired) electrons. The Bertz CT molecular complexity index is 537. The van der Waals surface area contributed by atoms with E-state index in [9.17, 15) is 4.79 Å². The molecule has 0 spiro atoms. The SMILES string of the molecule is CC(C)(CNC1CCC(C(=O)O)CC1)c1ccc(Cl)c(Cl)c1. The van der Waals surface area contributed by atoms with E-state index in [-0.39, 0.29) is 11.3 Å². The van der Waals surface area contributed by atoms with E-state index in [1.54, 1.807) is 0 Å². The summed E-state index contributed by atoms with van der Waals surface area (Å²) in [4.78, 5) is 11.0. The van der Waals surface area contributed by atoms with Crippen LogP contribution in [-0.4, -0.2) is 23.7 Å². The minimum Gasteiger partial charge on any atom is -0.481 e. The molecule has 5 heteroatoms. The third-order valence-corrected chi connectivity index (χ3v) is 5.35. The molecule has 1 aromatic rings. The summed E-state index contributed by atoms with van der Waals surface area (Å²) in [5.74, 6) is -0.823. The highest BCUT2D eigenvalue weighted by molar-refractivity contribution is 6.42. The van der Waals surface area contributed by atoms with Crippen molar-refractivity contribution >= 4 is 29.2 Å². The van der Waals surface area contributed by atoms with Crippen LogP contribution in [0.5, 0.6) is 0 Å². The third kappa shape index (κ3) is 4.37. The van der Waals surface area contributed by atoms with Gasteiger partial charge in [-0.3, -0.25) is 4.79 Å². The molecule has 1 fully saturated rings. The zero-order valence-corrected chi connectivity index (χ0v) is 14.5. The maximum absolute atomic E-state index is 11.0. The average molecular weight is 344 g/mol. The van der Waals surface area contributed by atoms with Crippen molar-refractivity contribution in [2.45, 2.75) is 51.0 Å². The summed E-state index contributed by atoms with van der Waals surface area (Å²) < 4.78 is 0. The van der Waals surface area contributed by atoms with Crippen LogP contribution in [0, 0.1) is 5.92 Å². The summed E-state index contributed by atoms with van der Waals surface area (Å²) in [7, 11) is 0. The molecular weight excluding hydrogens is 321 g/mol. The van der Waals surface area contributed by atoms with Gasteiger partial charge in [-0.2, -0.15) is 0 Å². The monoisotopic (exact) mass is 343 g/mol. The van der Waals surface area contributed by atoms with Crippen LogP contribution in [0.15, 0.2) is 18.2 Å². The molecule has 3 nitrogen and oxygen atoms in total. The van der Waals surface area contributed by atoms with Gasteiger partial charge in [0.2, 0.25) is 0 Å². The van der Waals surface area contributed by atoms with Gasteiger partial charge < -0.3 is 10.4 Å². The molecule has 0 unspecified atom stereocenters. The maximum atomic E-state index is 11.0. The number of carbonyl (C=O) groups is 1. The van der Waals surface area contributed by atoms with Gasteiger partial charge in [-0.05, 0) is 43.4 Å². The van der Waals surface area contributed by atoms with E-state index in [2.05, 4.69) is 19.2 Å². The molecule has 0 aliphatic heterocycles. The van der Waals surface area contributed by atoms with Crippen LogP contribution < -0.4 is 5.32 Å². The molecule has 0 amide bonds. The van der Waals surface area contributed by atoms with E-state index in [0.717, 1.165) is 37.8 Å². The van der Waals surface area contributed by atoms with Crippen LogP contribution in [0.1, 0.15) is 45.1 Å². The minimum atomic E-state index is -0.658. The van der Waals surface area contributed by atoms with E-state index < -0.39 is 5.97 Å². The molecule has 2 rings (SSSR count). The third-order valence-electron chi connectivity index (χ3n) is 4.61. The Hall–Kier alpha value is -0.770. The highest BCUT2D eigenvalue weighted by atomic mass is 35.5. The second-order valence-corrected chi connectivity index (χ2v) is 7.59. The number of hydrogen-bond donors (Lipinski definition) is 2. The molecule has 0 bridgehead atoms. The van der Waals surface area contributed by atoms with Crippen molar-refractivity contribution in [2.75, 3.05) is 6.54 Å². The van der Waals surface area contributed by atoms with Gasteiger partial charge in [0.25, 0.3) is 0 Å². The van der Waals surface area contributed by atoms with Crippen LogP contribution in [0.3, 0.4) is 0 Å². The highest BCUT2D eigenvalue weighted by Gasteiger charge is 2.28. The number of carboxylic acid groups (broad SMARTS) is 1. The number of aliphatic carboxylic acids is 1. The van der Waals surface area contributed by atoms with Crippen molar-refractivity contribution in [3.8, 4) is 0 Å². The van der Waals surface area contributed by atoms with Gasteiger partial charge in [0, 0.05) is 18.0 Å².